The lowest BCUT2D eigenvalue weighted by Gasteiger charge is -2.24. The molecule has 1 heterocycles. The van der Waals surface area contributed by atoms with Crippen LogP contribution in [0.5, 0.6) is 0 Å². The third kappa shape index (κ3) is 2.90. The molecule has 0 spiro atoms. The van der Waals surface area contributed by atoms with Crippen molar-refractivity contribution in [1.29, 1.82) is 0 Å². The predicted octanol–water partition coefficient (Wildman–Crippen LogP) is 2.83. The minimum atomic E-state index is -0.194. The molecule has 2 rings (SSSR count). The first-order chi connectivity index (χ1) is 8.08. The van der Waals surface area contributed by atoms with E-state index < -0.39 is 0 Å². The summed E-state index contributed by atoms with van der Waals surface area (Å²) in [6.07, 6.45) is 1.18. The minimum Gasteiger partial charge on any atom is -0.373 e. The monoisotopic (exact) mass is 256 g/mol. The van der Waals surface area contributed by atoms with E-state index >= 15 is 0 Å². The van der Waals surface area contributed by atoms with Crippen molar-refractivity contribution in [3.8, 4) is 0 Å². The maximum absolute atomic E-state index is 13.5. The molecule has 1 aliphatic rings. The van der Waals surface area contributed by atoms with Gasteiger partial charge in [-0.05, 0) is 50.0 Å². The molecule has 1 fully saturated rings. The Bertz CT molecular complexity index is 403. The van der Waals surface area contributed by atoms with Crippen LogP contribution in [0.2, 0.25) is 5.02 Å². The molecule has 0 radical (unpaired) electrons. The Hall–Kier alpha value is -0.800. The van der Waals surface area contributed by atoms with Gasteiger partial charge in [-0.2, -0.15) is 0 Å². The lowest BCUT2D eigenvalue weighted by molar-refractivity contribution is 0.575. The highest BCUT2D eigenvalue weighted by Crippen LogP contribution is 2.28. The Labute approximate surface area is 107 Å². The van der Waals surface area contributed by atoms with Gasteiger partial charge in [-0.15, -0.1) is 0 Å². The summed E-state index contributed by atoms with van der Waals surface area (Å²) in [5.74, 6) is 0.432. The van der Waals surface area contributed by atoms with Crippen molar-refractivity contribution in [2.45, 2.75) is 13.3 Å². The van der Waals surface area contributed by atoms with Gasteiger partial charge in [-0.25, -0.2) is 4.39 Å². The highest BCUT2D eigenvalue weighted by molar-refractivity contribution is 6.33. The van der Waals surface area contributed by atoms with Crippen LogP contribution in [0.15, 0.2) is 12.1 Å². The number of anilines is 1. The predicted molar refractivity (Wildman–Crippen MR) is 70.4 cm³/mol. The third-order valence-corrected chi connectivity index (χ3v) is 3.64. The highest BCUT2D eigenvalue weighted by Gasteiger charge is 2.18. The SMILES string of the molecule is Cc1cc(Cl)c(N(C)CC2CCNC2)cc1F. The molecule has 1 saturated heterocycles. The number of rotatable bonds is 3. The Morgan fingerprint density at radius 3 is 2.94 bits per heavy atom. The fourth-order valence-corrected chi connectivity index (χ4v) is 2.65. The molecule has 4 heteroatoms. The van der Waals surface area contributed by atoms with Crippen LogP contribution >= 0.6 is 11.6 Å². The fourth-order valence-electron chi connectivity index (χ4n) is 2.28. The topological polar surface area (TPSA) is 15.3 Å². The Balaban J connectivity index is 2.12. The third-order valence-electron chi connectivity index (χ3n) is 3.33. The van der Waals surface area contributed by atoms with Crippen LogP contribution in [0.4, 0.5) is 10.1 Å². The lowest BCUT2D eigenvalue weighted by Crippen LogP contribution is -2.27. The number of hydrogen-bond acceptors (Lipinski definition) is 2. The van der Waals surface area contributed by atoms with Gasteiger partial charge in [0, 0.05) is 13.6 Å². The van der Waals surface area contributed by atoms with E-state index in [-0.39, 0.29) is 5.82 Å². The smallest absolute Gasteiger partial charge is 0.128 e. The van der Waals surface area contributed by atoms with Crippen molar-refractivity contribution < 1.29 is 4.39 Å². The number of halogens is 2. The van der Waals surface area contributed by atoms with Crippen molar-refractivity contribution in [3.05, 3.63) is 28.5 Å². The zero-order chi connectivity index (χ0) is 12.4. The molecule has 0 amide bonds. The second-order valence-electron chi connectivity index (χ2n) is 4.79. The van der Waals surface area contributed by atoms with Crippen LogP contribution in [0.1, 0.15) is 12.0 Å². The summed E-state index contributed by atoms with van der Waals surface area (Å²) < 4.78 is 13.5. The maximum Gasteiger partial charge on any atom is 0.128 e. The van der Waals surface area contributed by atoms with E-state index in [4.69, 9.17) is 11.6 Å². The number of hydrogen-bond donors (Lipinski definition) is 1. The van der Waals surface area contributed by atoms with Crippen molar-refractivity contribution in [3.63, 3.8) is 0 Å². The summed E-state index contributed by atoms with van der Waals surface area (Å²) in [5, 5.41) is 3.95. The highest BCUT2D eigenvalue weighted by atomic mass is 35.5. The van der Waals surface area contributed by atoms with Crippen LogP contribution in [0.3, 0.4) is 0 Å². The summed E-state index contributed by atoms with van der Waals surface area (Å²) in [7, 11) is 1.97. The van der Waals surface area contributed by atoms with Gasteiger partial charge in [0.2, 0.25) is 0 Å². The maximum atomic E-state index is 13.5. The molecule has 1 aromatic carbocycles. The molecule has 0 bridgehead atoms. The van der Waals surface area contributed by atoms with Gasteiger partial charge in [-0.3, -0.25) is 0 Å². The van der Waals surface area contributed by atoms with Gasteiger partial charge in [0.15, 0.2) is 0 Å². The van der Waals surface area contributed by atoms with Crippen molar-refractivity contribution >= 4 is 17.3 Å². The quantitative estimate of drug-likeness (QED) is 0.895. The largest absolute Gasteiger partial charge is 0.373 e. The summed E-state index contributed by atoms with van der Waals surface area (Å²) in [6, 6.07) is 3.22. The zero-order valence-electron chi connectivity index (χ0n) is 10.3. The van der Waals surface area contributed by atoms with Gasteiger partial charge in [0.05, 0.1) is 10.7 Å². The van der Waals surface area contributed by atoms with Gasteiger partial charge in [0.25, 0.3) is 0 Å². The second kappa shape index (κ2) is 5.23. The van der Waals surface area contributed by atoms with Gasteiger partial charge >= 0.3 is 0 Å². The number of nitrogens with one attached hydrogen (secondary N) is 1. The molecule has 94 valence electrons. The van der Waals surface area contributed by atoms with E-state index in [1.54, 1.807) is 13.0 Å². The van der Waals surface area contributed by atoms with E-state index in [1.807, 2.05) is 11.9 Å². The van der Waals surface area contributed by atoms with Crippen molar-refractivity contribution in [1.82, 2.24) is 5.32 Å². The Morgan fingerprint density at radius 1 is 1.53 bits per heavy atom. The Morgan fingerprint density at radius 2 is 2.29 bits per heavy atom. The molecule has 17 heavy (non-hydrogen) atoms. The molecule has 1 aliphatic heterocycles. The van der Waals surface area contributed by atoms with E-state index in [2.05, 4.69) is 5.32 Å². The van der Waals surface area contributed by atoms with Crippen LogP contribution in [-0.4, -0.2) is 26.7 Å². The van der Waals surface area contributed by atoms with Crippen LogP contribution in [0, 0.1) is 18.7 Å². The molecule has 0 aliphatic carbocycles. The summed E-state index contributed by atoms with van der Waals surface area (Å²) in [4.78, 5) is 2.04. The van der Waals surface area contributed by atoms with E-state index in [9.17, 15) is 4.39 Å². The average molecular weight is 257 g/mol. The normalized spacial score (nSPS) is 19.6. The summed E-state index contributed by atoms with van der Waals surface area (Å²) in [5.41, 5.74) is 1.37. The van der Waals surface area contributed by atoms with Gasteiger partial charge in [-0.1, -0.05) is 11.6 Å². The van der Waals surface area contributed by atoms with E-state index in [1.165, 1.54) is 12.5 Å². The van der Waals surface area contributed by atoms with E-state index in [0.29, 0.717) is 16.5 Å². The minimum absolute atomic E-state index is 0.194. The first-order valence-electron chi connectivity index (χ1n) is 5.95. The molecule has 2 nitrogen and oxygen atoms in total. The molecular weight excluding hydrogens is 239 g/mol. The Kier molecular flexibility index (Phi) is 3.89. The summed E-state index contributed by atoms with van der Waals surface area (Å²) >= 11 is 6.16. The molecule has 1 N–H and O–H groups in total. The first kappa shape index (κ1) is 12.7. The zero-order valence-corrected chi connectivity index (χ0v) is 11.0. The molecule has 1 aromatic rings. The molecular formula is C13H18ClFN2. The fraction of sp³-hybridized carbons (Fsp3) is 0.538. The number of aryl methyl sites for hydroxylation is 1. The standard InChI is InChI=1S/C13H18ClFN2/c1-9-5-11(14)13(6-12(9)15)17(2)8-10-3-4-16-7-10/h5-6,10,16H,3-4,7-8H2,1-2H3. The van der Waals surface area contributed by atoms with Crippen LogP contribution < -0.4 is 10.2 Å². The second-order valence-corrected chi connectivity index (χ2v) is 5.20. The van der Waals surface area contributed by atoms with Crippen LogP contribution in [-0.2, 0) is 0 Å². The van der Waals surface area contributed by atoms with Gasteiger partial charge < -0.3 is 10.2 Å². The molecule has 0 saturated carbocycles. The van der Waals surface area contributed by atoms with Crippen molar-refractivity contribution in [2.75, 3.05) is 31.6 Å². The molecule has 1 unspecified atom stereocenters. The number of benzene rings is 1. The molecule has 0 aromatic heterocycles. The molecule has 1 atom stereocenters. The summed E-state index contributed by atoms with van der Waals surface area (Å²) in [6.45, 7) is 4.76. The number of nitrogens with zero attached hydrogens (tertiary/aromatic N) is 1. The van der Waals surface area contributed by atoms with Crippen molar-refractivity contribution in [2.24, 2.45) is 5.92 Å². The first-order valence-corrected chi connectivity index (χ1v) is 6.33. The van der Waals surface area contributed by atoms with E-state index in [0.717, 1.165) is 25.3 Å². The lowest BCUT2D eigenvalue weighted by atomic mass is 10.1. The van der Waals surface area contributed by atoms with Crippen LogP contribution in [0.25, 0.3) is 0 Å². The average Bonchev–Trinajstić information content (AvgIpc) is 2.76. The van der Waals surface area contributed by atoms with Gasteiger partial charge in [0.1, 0.15) is 5.82 Å².